The number of thioether (sulfide) groups is 1. The Morgan fingerprint density at radius 1 is 1.02 bits per heavy atom. The molecule has 0 fully saturated rings. The Morgan fingerprint density at radius 2 is 1.69 bits per heavy atom. The van der Waals surface area contributed by atoms with Gasteiger partial charge in [0.25, 0.3) is 0 Å². The maximum Gasteiger partial charge on any atom is 0.174 e. The minimum Gasteiger partial charge on any atom is -0.491 e. The normalized spacial score (nSPS) is 11.4. The fraction of sp³-hybridized carbons (Fsp3) is 0.303. The van der Waals surface area contributed by atoms with Crippen molar-refractivity contribution in [2.45, 2.75) is 37.6 Å². The van der Waals surface area contributed by atoms with Gasteiger partial charge in [-0.1, -0.05) is 47.6 Å². The number of ether oxygens (including phenoxy) is 2. The van der Waals surface area contributed by atoms with Gasteiger partial charge in [-0.15, -0.1) is 11.3 Å². The third-order valence-corrected chi connectivity index (χ3v) is 9.02. The first kappa shape index (κ1) is 33.9. The third kappa shape index (κ3) is 8.60. The Labute approximate surface area is 276 Å². The van der Waals surface area contributed by atoms with E-state index in [2.05, 4.69) is 12.1 Å². The molecule has 0 bridgehead atoms. The zero-order valence-electron chi connectivity index (χ0n) is 25.2. The number of pyridine rings is 1. The van der Waals surface area contributed by atoms with E-state index in [-0.39, 0.29) is 25.6 Å². The summed E-state index contributed by atoms with van der Waals surface area (Å²) in [6.07, 6.45) is 0. The number of carbonyl (C=O) groups excluding carboxylic acids is 1. The summed E-state index contributed by atoms with van der Waals surface area (Å²) in [5, 5.41) is 24.8. The number of carbonyl (C=O) groups is 1. The predicted molar refractivity (Wildman–Crippen MR) is 180 cm³/mol. The lowest BCUT2D eigenvalue weighted by Gasteiger charge is -2.24. The summed E-state index contributed by atoms with van der Waals surface area (Å²) >= 11 is 9.00. The zero-order chi connectivity index (χ0) is 32.3. The van der Waals surface area contributed by atoms with E-state index >= 15 is 0 Å². The van der Waals surface area contributed by atoms with Crippen molar-refractivity contribution in [1.82, 2.24) is 9.97 Å². The molecule has 0 aliphatic carbocycles. The average Bonchev–Trinajstić information content (AvgIpc) is 3.53. The van der Waals surface area contributed by atoms with Crippen molar-refractivity contribution in [2.75, 3.05) is 37.8 Å². The maximum atomic E-state index is 11.6. The summed E-state index contributed by atoms with van der Waals surface area (Å²) in [5.41, 5.74) is 9.31. The first-order chi connectivity index (χ1) is 21.8. The second-order valence-corrected chi connectivity index (χ2v) is 12.1. The molecule has 1 atom stereocenters. The number of hydrogen-bond donors (Lipinski definition) is 1. The summed E-state index contributed by atoms with van der Waals surface area (Å²) in [5.74, 6) is 1.46. The third-order valence-electron chi connectivity index (χ3n) is 6.82. The van der Waals surface area contributed by atoms with Gasteiger partial charge in [0.1, 0.15) is 52.5 Å². The van der Waals surface area contributed by atoms with Crippen LogP contribution < -0.4 is 15.4 Å². The van der Waals surface area contributed by atoms with E-state index in [1.807, 2.05) is 60.5 Å². The smallest absolute Gasteiger partial charge is 0.174 e. The van der Waals surface area contributed by atoms with E-state index in [4.69, 9.17) is 36.8 Å². The zero-order valence-corrected chi connectivity index (χ0v) is 27.6. The number of anilines is 1. The number of thiazole rings is 1. The van der Waals surface area contributed by atoms with Crippen LogP contribution in [-0.2, 0) is 15.3 Å². The maximum absolute atomic E-state index is 11.6. The van der Waals surface area contributed by atoms with E-state index in [0.717, 1.165) is 16.3 Å². The highest BCUT2D eigenvalue weighted by atomic mass is 35.5. The van der Waals surface area contributed by atoms with Crippen LogP contribution in [0.2, 0.25) is 5.02 Å². The summed E-state index contributed by atoms with van der Waals surface area (Å²) in [7, 11) is 0. The Morgan fingerprint density at radius 3 is 2.31 bits per heavy atom. The van der Waals surface area contributed by atoms with E-state index in [9.17, 15) is 15.3 Å². The highest BCUT2D eigenvalue weighted by Gasteiger charge is 2.24. The van der Waals surface area contributed by atoms with Crippen LogP contribution in [0.1, 0.15) is 37.6 Å². The van der Waals surface area contributed by atoms with Crippen LogP contribution in [-0.4, -0.2) is 54.7 Å². The van der Waals surface area contributed by atoms with Gasteiger partial charge in [0.05, 0.1) is 23.9 Å². The molecule has 0 aliphatic rings. The molecular weight excluding hydrogens is 628 g/mol. The van der Waals surface area contributed by atoms with Crippen LogP contribution in [0.3, 0.4) is 0 Å². The van der Waals surface area contributed by atoms with Gasteiger partial charge in [0, 0.05) is 40.4 Å². The number of nitriles is 2. The van der Waals surface area contributed by atoms with Crippen LogP contribution in [0.15, 0.2) is 58.9 Å². The molecule has 2 heterocycles. The molecule has 2 aromatic carbocycles. The molecule has 9 nitrogen and oxygen atoms in total. The highest BCUT2D eigenvalue weighted by molar-refractivity contribution is 7.98. The molecule has 0 saturated carbocycles. The monoisotopic (exact) mass is 660 g/mol. The Bertz CT molecular complexity index is 1690. The lowest BCUT2D eigenvalue weighted by atomic mass is 9.96. The molecule has 0 aliphatic heterocycles. The fourth-order valence-electron chi connectivity index (χ4n) is 4.39. The molecular formula is C33H33ClN6O3S2. The number of benzene rings is 2. The summed E-state index contributed by atoms with van der Waals surface area (Å²) in [6.45, 7) is 7.35. The minimum absolute atomic E-state index is 0.0585. The van der Waals surface area contributed by atoms with E-state index < -0.39 is 6.04 Å². The van der Waals surface area contributed by atoms with Gasteiger partial charge in [-0.05, 0) is 50.6 Å². The number of halogens is 1. The van der Waals surface area contributed by atoms with Crippen molar-refractivity contribution in [2.24, 2.45) is 5.73 Å². The second kappa shape index (κ2) is 16.4. The second-order valence-electron chi connectivity index (χ2n) is 9.88. The van der Waals surface area contributed by atoms with E-state index in [0.29, 0.717) is 62.7 Å². The molecule has 2 aromatic heterocycles. The molecule has 12 heteroatoms. The van der Waals surface area contributed by atoms with Crippen LogP contribution in [0.5, 0.6) is 5.75 Å². The molecule has 0 saturated heterocycles. The van der Waals surface area contributed by atoms with Gasteiger partial charge in [-0.2, -0.15) is 10.5 Å². The topological polar surface area (TPSA) is 138 Å². The molecule has 0 amide bonds. The van der Waals surface area contributed by atoms with Gasteiger partial charge in [-0.25, -0.2) is 9.97 Å². The van der Waals surface area contributed by atoms with Crippen LogP contribution >= 0.6 is 34.7 Å². The largest absolute Gasteiger partial charge is 0.491 e. The van der Waals surface area contributed by atoms with E-state index in [1.165, 1.54) is 11.8 Å². The van der Waals surface area contributed by atoms with Crippen molar-refractivity contribution in [3.05, 3.63) is 75.8 Å². The van der Waals surface area contributed by atoms with Crippen LogP contribution in [0.25, 0.3) is 21.7 Å². The van der Waals surface area contributed by atoms with Crippen LogP contribution in [0, 0.1) is 22.7 Å². The average molecular weight is 661 g/mol. The summed E-state index contributed by atoms with van der Waals surface area (Å²) < 4.78 is 11.1. The van der Waals surface area contributed by atoms with Crippen molar-refractivity contribution in [1.29, 1.82) is 10.5 Å². The number of ketones is 1. The summed E-state index contributed by atoms with van der Waals surface area (Å²) in [6, 6.07) is 18.8. The number of rotatable bonds is 15. The fourth-order valence-corrected chi connectivity index (χ4v) is 6.32. The quantitative estimate of drug-likeness (QED) is 0.108. The molecule has 45 heavy (non-hydrogen) atoms. The molecule has 0 radical (unpaired) electrons. The SMILES string of the molecule is CCN(CC)c1nc(SCc2csc(-c3ccc(Cl)cc3)n2)c(C#N)c(-c2ccc(OCCOCC(=O)[C@H](C)N)cc2)c1C#N. The summed E-state index contributed by atoms with van der Waals surface area (Å²) in [4.78, 5) is 23.3. The molecule has 4 aromatic rings. The van der Waals surface area contributed by atoms with Crippen molar-refractivity contribution in [3.8, 4) is 39.6 Å². The number of aromatic nitrogens is 2. The van der Waals surface area contributed by atoms with Crippen LogP contribution in [0.4, 0.5) is 5.82 Å². The van der Waals surface area contributed by atoms with Gasteiger partial charge in [0.15, 0.2) is 5.78 Å². The highest BCUT2D eigenvalue weighted by Crippen LogP contribution is 2.39. The number of nitrogens with zero attached hydrogens (tertiary/aromatic N) is 5. The first-order valence-corrected chi connectivity index (χ1v) is 16.6. The van der Waals surface area contributed by atoms with Crippen molar-refractivity contribution >= 4 is 46.3 Å². The Balaban J connectivity index is 1.60. The predicted octanol–water partition coefficient (Wildman–Crippen LogP) is 6.72. The number of nitrogens with two attached hydrogens (primary N) is 1. The lowest BCUT2D eigenvalue weighted by molar-refractivity contribution is -0.124. The molecule has 232 valence electrons. The van der Waals surface area contributed by atoms with Crippen molar-refractivity contribution in [3.63, 3.8) is 0 Å². The lowest BCUT2D eigenvalue weighted by Crippen LogP contribution is -2.30. The Kier molecular flexibility index (Phi) is 12.3. The van der Waals surface area contributed by atoms with Gasteiger partial charge < -0.3 is 20.1 Å². The minimum atomic E-state index is -0.565. The molecule has 0 unspecified atom stereocenters. The number of hydrogen-bond acceptors (Lipinski definition) is 11. The Hall–Kier alpha value is -3.97. The standard InChI is InChI=1S/C33H33ClN6O3S2/c1-4-40(5-2)31-27(16-35)30(22-8-12-26(13-9-22)43-15-14-42-18-29(41)21(3)37)28(17-36)33(39-31)45-20-25-19-44-32(38-25)23-6-10-24(34)11-7-23/h6-13,19,21H,4-5,14-15,18,20,37H2,1-3H3/t21-/m0/s1. The van der Waals surface area contributed by atoms with Gasteiger partial charge in [0.2, 0.25) is 0 Å². The van der Waals surface area contributed by atoms with Gasteiger partial charge in [-0.3, -0.25) is 4.79 Å². The molecule has 2 N–H and O–H groups in total. The van der Waals surface area contributed by atoms with Gasteiger partial charge >= 0.3 is 0 Å². The molecule has 0 spiro atoms. The van der Waals surface area contributed by atoms with Crippen molar-refractivity contribution < 1.29 is 14.3 Å². The van der Waals surface area contributed by atoms with E-state index in [1.54, 1.807) is 30.4 Å². The molecule has 4 rings (SSSR count). The first-order valence-electron chi connectivity index (χ1n) is 14.3. The number of Topliss-reactive ketones (excluding diaryl/α,β-unsaturated/α-hetero) is 1.